The molecule has 1 unspecified atom stereocenters. The molecule has 2 aromatic heterocycles. The summed E-state index contributed by atoms with van der Waals surface area (Å²) in [7, 11) is 0. The van der Waals surface area contributed by atoms with Gasteiger partial charge in [0, 0.05) is 6.54 Å². The number of aromatic amines is 1. The minimum Gasteiger partial charge on any atom is -0.388 e. The molecule has 2 aromatic rings. The Morgan fingerprint density at radius 1 is 1.47 bits per heavy atom. The highest BCUT2D eigenvalue weighted by molar-refractivity contribution is 5.86. The number of fused-ring (bicyclic) bond motifs is 1. The van der Waals surface area contributed by atoms with E-state index < -0.39 is 5.60 Å². The molecule has 2 heterocycles. The summed E-state index contributed by atoms with van der Waals surface area (Å²) < 4.78 is 0. The van der Waals surface area contributed by atoms with E-state index >= 15 is 0 Å². The fourth-order valence-electron chi connectivity index (χ4n) is 2.21. The van der Waals surface area contributed by atoms with E-state index in [1.807, 2.05) is 0 Å². The topological polar surface area (TPSA) is 113 Å². The Morgan fingerprint density at radius 3 is 2.89 bits per heavy atom. The molecule has 0 aliphatic heterocycles. The molecule has 104 valence electrons. The van der Waals surface area contributed by atoms with E-state index in [4.69, 9.17) is 5.73 Å². The van der Waals surface area contributed by atoms with Gasteiger partial charge in [-0.25, -0.2) is 0 Å². The van der Waals surface area contributed by atoms with Crippen molar-refractivity contribution in [2.45, 2.75) is 32.8 Å². The van der Waals surface area contributed by atoms with Gasteiger partial charge in [-0.3, -0.25) is 5.10 Å². The third-order valence-corrected chi connectivity index (χ3v) is 2.81. The normalized spacial score (nSPS) is 14.8. The molecule has 2 rings (SSSR count). The molecule has 0 radical (unpaired) electrons. The number of anilines is 2. The Hall–Kier alpha value is -1.89. The second-order valence-electron chi connectivity index (χ2n) is 5.51. The summed E-state index contributed by atoms with van der Waals surface area (Å²) in [5, 5.41) is 20.8. The quantitative estimate of drug-likeness (QED) is 0.644. The van der Waals surface area contributed by atoms with Crippen molar-refractivity contribution in [3.8, 4) is 0 Å². The molecule has 0 aromatic carbocycles. The molecular weight excluding hydrogens is 244 g/mol. The lowest BCUT2D eigenvalue weighted by molar-refractivity contribution is 0.0515. The van der Waals surface area contributed by atoms with Gasteiger partial charge in [0.05, 0.1) is 17.2 Å². The minimum atomic E-state index is -0.802. The smallest absolute Gasteiger partial charge is 0.224 e. The van der Waals surface area contributed by atoms with Gasteiger partial charge in [-0.15, -0.1) is 0 Å². The van der Waals surface area contributed by atoms with Gasteiger partial charge in [0.2, 0.25) is 5.95 Å². The number of nitrogens with two attached hydrogens (primary N) is 1. The van der Waals surface area contributed by atoms with E-state index in [9.17, 15) is 5.11 Å². The van der Waals surface area contributed by atoms with Crippen LogP contribution in [0.25, 0.3) is 11.0 Å². The van der Waals surface area contributed by atoms with Gasteiger partial charge in [0.1, 0.15) is 5.82 Å². The van der Waals surface area contributed by atoms with E-state index in [1.165, 1.54) is 0 Å². The summed E-state index contributed by atoms with van der Waals surface area (Å²) >= 11 is 0. The van der Waals surface area contributed by atoms with Crippen molar-refractivity contribution >= 4 is 22.8 Å². The predicted molar refractivity (Wildman–Crippen MR) is 74.7 cm³/mol. The Kier molecular flexibility index (Phi) is 3.57. The van der Waals surface area contributed by atoms with Crippen molar-refractivity contribution in [3.63, 3.8) is 0 Å². The first-order valence-corrected chi connectivity index (χ1v) is 6.30. The number of H-pyrrole nitrogens is 1. The lowest BCUT2D eigenvalue weighted by Crippen LogP contribution is -2.35. The third-order valence-electron chi connectivity index (χ3n) is 2.81. The summed E-state index contributed by atoms with van der Waals surface area (Å²) in [6.07, 6.45) is 2.34. The zero-order valence-electron chi connectivity index (χ0n) is 11.4. The highest BCUT2D eigenvalue weighted by Crippen LogP contribution is 2.21. The van der Waals surface area contributed by atoms with Crippen molar-refractivity contribution in [1.82, 2.24) is 20.2 Å². The van der Waals surface area contributed by atoms with Crippen LogP contribution in [0, 0.1) is 5.92 Å². The van der Waals surface area contributed by atoms with Gasteiger partial charge in [0.25, 0.3) is 0 Å². The highest BCUT2D eigenvalue weighted by atomic mass is 16.3. The SMILES string of the molecule is CC(C)CC(C)(O)CNc1nc(N)nc2[nH]ncc12. The molecule has 1 atom stereocenters. The van der Waals surface area contributed by atoms with Gasteiger partial charge in [0.15, 0.2) is 5.65 Å². The standard InChI is InChI=1S/C12H20N6O/c1-7(2)4-12(3,19)6-14-9-8-5-15-18-10(8)17-11(13)16-9/h5,7,19H,4,6H2,1-3H3,(H4,13,14,15,16,17,18). The average molecular weight is 264 g/mol. The molecule has 0 spiro atoms. The molecule has 0 fully saturated rings. The van der Waals surface area contributed by atoms with Gasteiger partial charge < -0.3 is 16.2 Å². The molecule has 0 aliphatic rings. The van der Waals surface area contributed by atoms with Crippen molar-refractivity contribution in [3.05, 3.63) is 6.20 Å². The maximum Gasteiger partial charge on any atom is 0.224 e. The minimum absolute atomic E-state index is 0.169. The lowest BCUT2D eigenvalue weighted by atomic mass is 9.94. The number of nitrogen functional groups attached to an aromatic ring is 1. The molecule has 0 saturated heterocycles. The van der Waals surface area contributed by atoms with Crippen LogP contribution in [0.1, 0.15) is 27.2 Å². The van der Waals surface area contributed by atoms with Crippen molar-refractivity contribution in [2.24, 2.45) is 5.92 Å². The zero-order valence-corrected chi connectivity index (χ0v) is 11.4. The maximum atomic E-state index is 10.3. The molecular formula is C12H20N6O. The molecule has 5 N–H and O–H groups in total. The number of rotatable bonds is 5. The number of hydrogen-bond donors (Lipinski definition) is 4. The second kappa shape index (κ2) is 5.00. The van der Waals surface area contributed by atoms with Crippen LogP contribution in [-0.4, -0.2) is 37.4 Å². The summed E-state index contributed by atoms with van der Waals surface area (Å²) in [4.78, 5) is 8.18. The van der Waals surface area contributed by atoms with E-state index in [0.717, 1.165) is 5.39 Å². The van der Waals surface area contributed by atoms with Crippen LogP contribution in [0.2, 0.25) is 0 Å². The summed E-state index contributed by atoms with van der Waals surface area (Å²) in [5.41, 5.74) is 5.41. The first-order valence-electron chi connectivity index (χ1n) is 6.30. The van der Waals surface area contributed by atoms with Crippen LogP contribution < -0.4 is 11.1 Å². The third kappa shape index (κ3) is 3.31. The fourth-order valence-corrected chi connectivity index (χ4v) is 2.21. The molecule has 7 nitrogen and oxygen atoms in total. The lowest BCUT2D eigenvalue weighted by Gasteiger charge is -2.25. The largest absolute Gasteiger partial charge is 0.388 e. The molecule has 0 aliphatic carbocycles. The van der Waals surface area contributed by atoms with Crippen LogP contribution in [-0.2, 0) is 0 Å². The first-order chi connectivity index (χ1) is 8.87. The van der Waals surface area contributed by atoms with Crippen LogP contribution in [0.5, 0.6) is 0 Å². The van der Waals surface area contributed by atoms with E-state index in [-0.39, 0.29) is 5.95 Å². The Labute approximate surface area is 111 Å². The maximum absolute atomic E-state index is 10.3. The Balaban J connectivity index is 2.15. The highest BCUT2D eigenvalue weighted by Gasteiger charge is 2.22. The summed E-state index contributed by atoms with van der Waals surface area (Å²) in [5.74, 6) is 1.17. The van der Waals surface area contributed by atoms with Crippen LogP contribution >= 0.6 is 0 Å². The van der Waals surface area contributed by atoms with E-state index in [0.29, 0.717) is 30.3 Å². The van der Waals surface area contributed by atoms with Gasteiger partial charge in [-0.2, -0.15) is 15.1 Å². The van der Waals surface area contributed by atoms with Crippen molar-refractivity contribution in [1.29, 1.82) is 0 Å². The van der Waals surface area contributed by atoms with Crippen molar-refractivity contribution < 1.29 is 5.11 Å². The van der Waals surface area contributed by atoms with Crippen LogP contribution in [0.15, 0.2) is 6.20 Å². The number of nitrogens with zero attached hydrogens (tertiary/aromatic N) is 3. The predicted octanol–water partition coefficient (Wildman–Crippen LogP) is 1.14. The number of aliphatic hydroxyl groups is 1. The number of aromatic nitrogens is 4. The van der Waals surface area contributed by atoms with E-state index in [2.05, 4.69) is 39.3 Å². The number of hydrogen-bond acceptors (Lipinski definition) is 6. The molecule has 19 heavy (non-hydrogen) atoms. The molecule has 0 bridgehead atoms. The fraction of sp³-hybridized carbons (Fsp3) is 0.583. The summed E-state index contributed by atoms with van der Waals surface area (Å²) in [6.45, 7) is 6.34. The van der Waals surface area contributed by atoms with Gasteiger partial charge in [-0.05, 0) is 19.3 Å². The van der Waals surface area contributed by atoms with Gasteiger partial charge >= 0.3 is 0 Å². The molecule has 0 saturated carbocycles. The van der Waals surface area contributed by atoms with Crippen molar-refractivity contribution in [2.75, 3.05) is 17.6 Å². The molecule has 0 amide bonds. The Morgan fingerprint density at radius 2 is 2.21 bits per heavy atom. The van der Waals surface area contributed by atoms with Crippen LogP contribution in [0.4, 0.5) is 11.8 Å². The van der Waals surface area contributed by atoms with Gasteiger partial charge in [-0.1, -0.05) is 13.8 Å². The second-order valence-corrected chi connectivity index (χ2v) is 5.51. The molecule has 7 heteroatoms. The first kappa shape index (κ1) is 13.5. The van der Waals surface area contributed by atoms with E-state index in [1.54, 1.807) is 13.1 Å². The van der Waals surface area contributed by atoms with Crippen LogP contribution in [0.3, 0.4) is 0 Å². The summed E-state index contributed by atoms with van der Waals surface area (Å²) in [6, 6.07) is 0. The average Bonchev–Trinajstić information content (AvgIpc) is 2.71. The zero-order chi connectivity index (χ0) is 14.0. The monoisotopic (exact) mass is 264 g/mol. The number of nitrogens with one attached hydrogen (secondary N) is 2. The Bertz CT molecular complexity index is 562.